The van der Waals surface area contributed by atoms with E-state index in [0.29, 0.717) is 18.7 Å². The maximum atomic E-state index is 12.0. The predicted octanol–water partition coefficient (Wildman–Crippen LogP) is 2.89. The van der Waals surface area contributed by atoms with Gasteiger partial charge < -0.3 is 20.1 Å². The van der Waals surface area contributed by atoms with Crippen LogP contribution in [-0.2, 0) is 19.6 Å². The highest BCUT2D eigenvalue weighted by atomic mass is 16.2. The van der Waals surface area contributed by atoms with E-state index in [1.165, 1.54) is 11.1 Å². The number of nitrogens with one attached hydrogen (secondary N) is 2. The number of amides is 1. The van der Waals surface area contributed by atoms with Gasteiger partial charge in [0, 0.05) is 51.7 Å². The molecule has 0 fully saturated rings. The monoisotopic (exact) mass is 418 g/mol. The maximum Gasteiger partial charge on any atom is 0.253 e. The molecule has 2 aromatic carbocycles. The van der Waals surface area contributed by atoms with E-state index in [9.17, 15) is 4.79 Å². The van der Waals surface area contributed by atoms with Crippen LogP contribution in [0.15, 0.2) is 72.2 Å². The molecule has 0 spiro atoms. The molecular weight excluding hydrogens is 388 g/mol. The number of aliphatic imine (C=N–C) groups is 1. The lowest BCUT2D eigenvalue weighted by atomic mass is 10.1. The molecule has 3 rings (SSSR count). The number of aromatic nitrogens is 2. The number of carbonyl (C=O) groups is 1. The molecule has 0 aliphatic carbocycles. The SMILES string of the molecule is CCNC(=NCc1ccc(C(=O)N(C)C)cc1)NCc1ccc(Cn2ccnc2)cc1. The molecule has 0 saturated carbocycles. The highest BCUT2D eigenvalue weighted by molar-refractivity contribution is 5.93. The van der Waals surface area contributed by atoms with Crippen molar-refractivity contribution >= 4 is 11.9 Å². The predicted molar refractivity (Wildman–Crippen MR) is 124 cm³/mol. The van der Waals surface area contributed by atoms with Gasteiger partial charge in [0.05, 0.1) is 12.9 Å². The maximum absolute atomic E-state index is 12.0. The second-order valence-electron chi connectivity index (χ2n) is 7.50. The zero-order chi connectivity index (χ0) is 22.1. The summed E-state index contributed by atoms with van der Waals surface area (Å²) in [6.45, 7) is 4.87. The summed E-state index contributed by atoms with van der Waals surface area (Å²) < 4.78 is 2.05. The van der Waals surface area contributed by atoms with Crippen LogP contribution in [0.25, 0.3) is 0 Å². The van der Waals surface area contributed by atoms with E-state index in [-0.39, 0.29) is 5.91 Å². The largest absolute Gasteiger partial charge is 0.357 e. The summed E-state index contributed by atoms with van der Waals surface area (Å²) in [5.41, 5.74) is 4.15. The number of rotatable bonds is 8. The molecule has 0 aliphatic heterocycles. The summed E-state index contributed by atoms with van der Waals surface area (Å²) in [5, 5.41) is 6.66. The number of guanidine groups is 1. The van der Waals surface area contributed by atoms with Crippen LogP contribution in [0.3, 0.4) is 0 Å². The van der Waals surface area contributed by atoms with Crippen LogP contribution >= 0.6 is 0 Å². The first-order valence-electron chi connectivity index (χ1n) is 10.4. The van der Waals surface area contributed by atoms with Crippen LogP contribution in [-0.4, -0.2) is 47.0 Å². The van der Waals surface area contributed by atoms with Gasteiger partial charge in [-0.25, -0.2) is 9.98 Å². The van der Waals surface area contributed by atoms with Gasteiger partial charge in [0.2, 0.25) is 0 Å². The first-order chi connectivity index (χ1) is 15.0. The first kappa shape index (κ1) is 22.1. The fraction of sp³-hybridized carbons (Fsp3) is 0.292. The third-order valence-electron chi connectivity index (χ3n) is 4.78. The number of nitrogens with zero attached hydrogens (tertiary/aromatic N) is 4. The van der Waals surface area contributed by atoms with Gasteiger partial charge in [0.1, 0.15) is 0 Å². The van der Waals surface area contributed by atoms with Crippen molar-refractivity contribution in [2.75, 3.05) is 20.6 Å². The Labute approximate surface area is 183 Å². The zero-order valence-corrected chi connectivity index (χ0v) is 18.4. The zero-order valence-electron chi connectivity index (χ0n) is 18.4. The van der Waals surface area contributed by atoms with Crippen molar-refractivity contribution in [3.63, 3.8) is 0 Å². The lowest BCUT2D eigenvalue weighted by Gasteiger charge is -2.12. The Kier molecular flexibility index (Phi) is 7.81. The average molecular weight is 419 g/mol. The van der Waals surface area contributed by atoms with E-state index in [1.807, 2.05) is 48.3 Å². The van der Waals surface area contributed by atoms with E-state index in [1.54, 1.807) is 25.2 Å². The second-order valence-corrected chi connectivity index (χ2v) is 7.50. The van der Waals surface area contributed by atoms with E-state index in [2.05, 4.69) is 44.9 Å². The molecule has 0 unspecified atom stereocenters. The van der Waals surface area contributed by atoms with Crippen molar-refractivity contribution in [1.29, 1.82) is 0 Å². The van der Waals surface area contributed by atoms with Crippen molar-refractivity contribution in [2.24, 2.45) is 4.99 Å². The topological polar surface area (TPSA) is 74.6 Å². The standard InChI is InChI=1S/C24H30N6O/c1-4-26-24(28-16-20-9-11-22(12-10-20)23(31)29(2)3)27-15-19-5-7-21(8-6-19)17-30-14-13-25-18-30/h5-14,18H,4,15-17H2,1-3H3,(H2,26,27,28). The van der Waals surface area contributed by atoms with Gasteiger partial charge in [-0.2, -0.15) is 0 Å². The van der Waals surface area contributed by atoms with E-state index >= 15 is 0 Å². The van der Waals surface area contributed by atoms with Gasteiger partial charge in [-0.3, -0.25) is 4.79 Å². The van der Waals surface area contributed by atoms with E-state index < -0.39 is 0 Å². The summed E-state index contributed by atoms with van der Waals surface area (Å²) >= 11 is 0. The number of carbonyl (C=O) groups excluding carboxylic acids is 1. The van der Waals surface area contributed by atoms with E-state index in [4.69, 9.17) is 0 Å². The van der Waals surface area contributed by atoms with Crippen molar-refractivity contribution in [2.45, 2.75) is 26.6 Å². The summed E-state index contributed by atoms with van der Waals surface area (Å²) in [5.74, 6) is 0.763. The Bertz CT molecular complexity index is 976. The van der Waals surface area contributed by atoms with Crippen molar-refractivity contribution < 1.29 is 4.79 Å². The van der Waals surface area contributed by atoms with Crippen LogP contribution in [0.4, 0.5) is 0 Å². The molecule has 1 amide bonds. The molecule has 1 aromatic heterocycles. The Balaban J connectivity index is 1.55. The Morgan fingerprint density at radius 1 is 1.00 bits per heavy atom. The molecule has 0 bridgehead atoms. The lowest BCUT2D eigenvalue weighted by molar-refractivity contribution is 0.0827. The Morgan fingerprint density at radius 3 is 2.29 bits per heavy atom. The number of benzene rings is 2. The van der Waals surface area contributed by atoms with Crippen LogP contribution in [0.1, 0.15) is 34.0 Å². The minimum Gasteiger partial charge on any atom is -0.357 e. The van der Waals surface area contributed by atoms with Gasteiger partial charge >= 0.3 is 0 Å². The normalized spacial score (nSPS) is 11.3. The summed E-state index contributed by atoms with van der Waals surface area (Å²) in [7, 11) is 3.50. The molecule has 7 nitrogen and oxygen atoms in total. The number of hydrogen-bond acceptors (Lipinski definition) is 3. The number of imidazole rings is 1. The first-order valence-corrected chi connectivity index (χ1v) is 10.4. The highest BCUT2D eigenvalue weighted by Crippen LogP contribution is 2.08. The number of hydrogen-bond donors (Lipinski definition) is 2. The van der Waals surface area contributed by atoms with Gasteiger partial charge in [0.25, 0.3) is 5.91 Å². The Morgan fingerprint density at radius 2 is 1.68 bits per heavy atom. The van der Waals surface area contributed by atoms with Gasteiger partial charge in [-0.1, -0.05) is 36.4 Å². The fourth-order valence-corrected chi connectivity index (χ4v) is 3.06. The van der Waals surface area contributed by atoms with Crippen molar-refractivity contribution in [3.8, 4) is 0 Å². The molecule has 3 aromatic rings. The fourth-order valence-electron chi connectivity index (χ4n) is 3.06. The summed E-state index contributed by atoms with van der Waals surface area (Å²) in [6, 6.07) is 16.1. The molecule has 0 radical (unpaired) electrons. The van der Waals surface area contributed by atoms with Gasteiger partial charge in [0.15, 0.2) is 5.96 Å². The van der Waals surface area contributed by atoms with Crippen LogP contribution in [0.5, 0.6) is 0 Å². The highest BCUT2D eigenvalue weighted by Gasteiger charge is 2.07. The van der Waals surface area contributed by atoms with Crippen molar-refractivity contribution in [3.05, 3.63) is 89.5 Å². The molecule has 2 N–H and O–H groups in total. The van der Waals surface area contributed by atoms with Crippen LogP contribution in [0.2, 0.25) is 0 Å². The smallest absolute Gasteiger partial charge is 0.253 e. The summed E-state index contributed by atoms with van der Waals surface area (Å²) in [6.07, 6.45) is 5.57. The molecule has 162 valence electrons. The van der Waals surface area contributed by atoms with Crippen LogP contribution in [0, 0.1) is 0 Å². The molecule has 31 heavy (non-hydrogen) atoms. The van der Waals surface area contributed by atoms with Gasteiger partial charge in [-0.05, 0) is 35.7 Å². The van der Waals surface area contributed by atoms with E-state index in [0.717, 1.165) is 24.6 Å². The minimum atomic E-state index is 0.00102. The van der Waals surface area contributed by atoms with Gasteiger partial charge in [-0.15, -0.1) is 0 Å². The van der Waals surface area contributed by atoms with Crippen LogP contribution < -0.4 is 10.6 Å². The minimum absolute atomic E-state index is 0.00102. The third-order valence-corrected chi connectivity index (χ3v) is 4.78. The lowest BCUT2D eigenvalue weighted by Crippen LogP contribution is -2.36. The summed E-state index contributed by atoms with van der Waals surface area (Å²) in [4.78, 5) is 22.3. The second kappa shape index (κ2) is 11.0. The molecule has 7 heteroatoms. The third kappa shape index (κ3) is 6.70. The molecule has 0 aliphatic rings. The average Bonchev–Trinajstić information content (AvgIpc) is 3.29. The Hall–Kier alpha value is -3.61. The quantitative estimate of drug-likeness (QED) is 0.436. The molecular formula is C24H30N6O. The molecule has 1 heterocycles. The molecule has 0 atom stereocenters. The molecule has 0 saturated heterocycles. The van der Waals surface area contributed by atoms with Crippen molar-refractivity contribution in [1.82, 2.24) is 25.1 Å².